The number of piperidine rings is 1. The normalized spacial score (nSPS) is 18.7. The zero-order valence-electron chi connectivity index (χ0n) is 13.7. The van der Waals surface area contributed by atoms with Crippen molar-refractivity contribution in [2.45, 2.75) is 38.6 Å². The summed E-state index contributed by atoms with van der Waals surface area (Å²) in [5, 5.41) is 11.0. The minimum absolute atomic E-state index is 0.100. The van der Waals surface area contributed by atoms with Gasteiger partial charge in [0.05, 0.1) is 10.7 Å². The summed E-state index contributed by atoms with van der Waals surface area (Å²) in [4.78, 5) is 22.6. The minimum Gasteiger partial charge on any atom is -0.418 e. The second-order valence-electron chi connectivity index (χ2n) is 5.73. The van der Waals surface area contributed by atoms with Crippen LogP contribution in [-0.2, 0) is 14.8 Å². The van der Waals surface area contributed by atoms with Crippen LogP contribution >= 0.6 is 0 Å². The molecule has 0 bridgehead atoms. The summed E-state index contributed by atoms with van der Waals surface area (Å²) in [7, 11) is -3.63. The molecule has 1 unspecified atom stereocenters. The number of nitro benzene ring substituents is 1. The van der Waals surface area contributed by atoms with E-state index in [1.54, 1.807) is 6.92 Å². The smallest absolute Gasteiger partial charge is 0.330 e. The number of ether oxygens (including phenoxy) is 1. The third-order valence-electron chi connectivity index (χ3n) is 3.87. The molecule has 1 heterocycles. The van der Waals surface area contributed by atoms with Crippen LogP contribution in [0.5, 0.6) is 5.75 Å². The van der Waals surface area contributed by atoms with E-state index in [9.17, 15) is 27.7 Å². The fourth-order valence-corrected chi connectivity index (χ4v) is 4.48. The summed E-state index contributed by atoms with van der Waals surface area (Å²) in [5.41, 5.74) is -0.562. The summed E-state index contributed by atoms with van der Waals surface area (Å²) >= 11 is 0. The van der Waals surface area contributed by atoms with E-state index in [1.807, 2.05) is 0 Å². The molecule has 1 aliphatic rings. The van der Waals surface area contributed by atoms with Crippen LogP contribution in [0.2, 0.25) is 0 Å². The van der Waals surface area contributed by atoms with Gasteiger partial charge in [0.1, 0.15) is 11.9 Å². The molecular weight excluding hydrogens is 355 g/mol. The maximum atomic E-state index is 13.3. The van der Waals surface area contributed by atoms with Crippen LogP contribution < -0.4 is 4.74 Å². The lowest BCUT2D eigenvalue weighted by atomic mass is 10.1. The molecule has 2 rings (SSSR count). The van der Waals surface area contributed by atoms with Gasteiger partial charge in [0, 0.05) is 18.7 Å². The average molecular weight is 374 g/mol. The van der Waals surface area contributed by atoms with Crippen molar-refractivity contribution >= 4 is 21.7 Å². The van der Waals surface area contributed by atoms with Gasteiger partial charge in [0.25, 0.3) is 0 Å². The first-order valence-electron chi connectivity index (χ1n) is 7.91. The number of halogens is 1. The number of hydrogen-bond donors (Lipinski definition) is 0. The molecule has 0 amide bonds. The Hall–Kier alpha value is -2.07. The monoisotopic (exact) mass is 374 g/mol. The maximum Gasteiger partial charge on any atom is 0.330 e. The predicted octanol–water partition coefficient (Wildman–Crippen LogP) is 2.23. The molecule has 1 aliphatic heterocycles. The fraction of sp³-hybridized carbons (Fsp3) is 0.533. The van der Waals surface area contributed by atoms with Crippen LogP contribution in [0.3, 0.4) is 0 Å². The van der Waals surface area contributed by atoms with E-state index in [-0.39, 0.29) is 18.7 Å². The maximum absolute atomic E-state index is 13.3. The van der Waals surface area contributed by atoms with Gasteiger partial charge in [-0.05, 0) is 31.7 Å². The SMILES string of the molecule is CCCS(=O)(=O)N1CCCCC1C(=O)Oc1cc(F)ccc1[N+](=O)[O-]. The third-order valence-corrected chi connectivity index (χ3v) is 5.95. The predicted molar refractivity (Wildman–Crippen MR) is 87.1 cm³/mol. The van der Waals surface area contributed by atoms with Crippen molar-refractivity contribution in [2.75, 3.05) is 12.3 Å². The number of nitro groups is 1. The summed E-state index contributed by atoms with van der Waals surface area (Å²) in [6.45, 7) is 1.90. The molecule has 0 spiro atoms. The molecule has 0 saturated carbocycles. The van der Waals surface area contributed by atoms with Gasteiger partial charge >= 0.3 is 11.7 Å². The van der Waals surface area contributed by atoms with Crippen molar-refractivity contribution in [3.8, 4) is 5.75 Å². The Morgan fingerprint density at radius 1 is 1.44 bits per heavy atom. The second kappa shape index (κ2) is 7.87. The number of nitrogens with zero attached hydrogens (tertiary/aromatic N) is 2. The van der Waals surface area contributed by atoms with E-state index >= 15 is 0 Å². The Kier molecular flexibility index (Phi) is 6.07. The van der Waals surface area contributed by atoms with Gasteiger partial charge in [-0.3, -0.25) is 10.1 Å². The zero-order valence-corrected chi connectivity index (χ0v) is 14.5. The molecule has 1 saturated heterocycles. The van der Waals surface area contributed by atoms with E-state index < -0.39 is 44.2 Å². The van der Waals surface area contributed by atoms with E-state index in [0.717, 1.165) is 22.5 Å². The highest BCUT2D eigenvalue weighted by Gasteiger charge is 2.38. The first-order valence-corrected chi connectivity index (χ1v) is 9.52. The highest BCUT2D eigenvalue weighted by molar-refractivity contribution is 7.89. The molecule has 8 nitrogen and oxygen atoms in total. The summed E-state index contributed by atoms with van der Waals surface area (Å²) in [6, 6.07) is 1.45. The number of carbonyl (C=O) groups excluding carboxylic acids is 1. The Bertz CT molecular complexity index is 767. The van der Waals surface area contributed by atoms with Gasteiger partial charge in [-0.1, -0.05) is 6.92 Å². The van der Waals surface area contributed by atoms with Crippen LogP contribution in [-0.4, -0.2) is 42.0 Å². The minimum atomic E-state index is -3.63. The Morgan fingerprint density at radius 2 is 2.16 bits per heavy atom. The Balaban J connectivity index is 2.27. The summed E-state index contributed by atoms with van der Waals surface area (Å²) in [5.74, 6) is -2.37. The van der Waals surface area contributed by atoms with Crippen molar-refractivity contribution in [3.05, 3.63) is 34.1 Å². The summed E-state index contributed by atoms with van der Waals surface area (Å²) < 4.78 is 44.1. The van der Waals surface area contributed by atoms with Crippen molar-refractivity contribution in [3.63, 3.8) is 0 Å². The summed E-state index contributed by atoms with van der Waals surface area (Å²) in [6.07, 6.45) is 1.90. The number of sulfonamides is 1. The molecule has 138 valence electrons. The molecule has 1 aromatic rings. The number of benzene rings is 1. The molecule has 1 fully saturated rings. The lowest BCUT2D eigenvalue weighted by Crippen LogP contribution is -2.50. The van der Waals surface area contributed by atoms with E-state index in [4.69, 9.17) is 4.74 Å². The lowest BCUT2D eigenvalue weighted by molar-refractivity contribution is -0.385. The van der Waals surface area contributed by atoms with Crippen LogP contribution in [0.4, 0.5) is 10.1 Å². The highest BCUT2D eigenvalue weighted by Crippen LogP contribution is 2.29. The Labute approximate surface area is 144 Å². The van der Waals surface area contributed by atoms with Gasteiger partial charge in [-0.2, -0.15) is 4.31 Å². The topological polar surface area (TPSA) is 107 Å². The largest absolute Gasteiger partial charge is 0.418 e. The van der Waals surface area contributed by atoms with E-state index in [0.29, 0.717) is 19.3 Å². The zero-order chi connectivity index (χ0) is 18.6. The first kappa shape index (κ1) is 19.3. The quantitative estimate of drug-likeness (QED) is 0.327. The Morgan fingerprint density at radius 3 is 2.80 bits per heavy atom. The molecule has 10 heteroatoms. The first-order chi connectivity index (χ1) is 11.8. The van der Waals surface area contributed by atoms with Crippen LogP contribution in [0.1, 0.15) is 32.6 Å². The number of hydrogen-bond acceptors (Lipinski definition) is 6. The average Bonchev–Trinajstić information content (AvgIpc) is 2.54. The molecule has 25 heavy (non-hydrogen) atoms. The van der Waals surface area contributed by atoms with Gasteiger partial charge in [0.2, 0.25) is 15.8 Å². The molecule has 0 aromatic heterocycles. The van der Waals surface area contributed by atoms with Crippen LogP contribution in [0.25, 0.3) is 0 Å². The molecule has 1 atom stereocenters. The standard InChI is InChI=1S/C15H19FN2O6S/c1-2-9-25(22,23)17-8-4-3-5-13(17)15(19)24-14-10-11(16)6-7-12(14)18(20)21/h6-7,10,13H,2-5,8-9H2,1H3. The number of carbonyl (C=O) groups is 1. The van der Waals surface area contributed by atoms with Crippen LogP contribution in [0.15, 0.2) is 18.2 Å². The molecular formula is C15H19FN2O6S. The van der Waals surface area contributed by atoms with Crippen molar-refractivity contribution < 1.29 is 27.3 Å². The number of esters is 1. The second-order valence-corrected chi connectivity index (χ2v) is 7.77. The van der Waals surface area contributed by atoms with Crippen molar-refractivity contribution in [2.24, 2.45) is 0 Å². The van der Waals surface area contributed by atoms with Crippen LogP contribution in [0, 0.1) is 15.9 Å². The third kappa shape index (κ3) is 4.51. The molecule has 0 aliphatic carbocycles. The molecule has 1 aromatic carbocycles. The number of rotatable bonds is 6. The van der Waals surface area contributed by atoms with E-state index in [1.165, 1.54) is 0 Å². The molecule has 0 radical (unpaired) electrons. The fourth-order valence-electron chi connectivity index (χ4n) is 2.75. The van der Waals surface area contributed by atoms with Gasteiger partial charge in [-0.25, -0.2) is 17.6 Å². The van der Waals surface area contributed by atoms with Gasteiger partial charge < -0.3 is 4.74 Å². The molecule has 0 N–H and O–H groups in total. The van der Waals surface area contributed by atoms with Crippen molar-refractivity contribution in [1.29, 1.82) is 0 Å². The lowest BCUT2D eigenvalue weighted by Gasteiger charge is -2.32. The van der Waals surface area contributed by atoms with Gasteiger partial charge in [-0.15, -0.1) is 0 Å². The highest BCUT2D eigenvalue weighted by atomic mass is 32.2. The van der Waals surface area contributed by atoms with Gasteiger partial charge in [0.15, 0.2) is 0 Å². The van der Waals surface area contributed by atoms with Crippen molar-refractivity contribution in [1.82, 2.24) is 4.31 Å². The van der Waals surface area contributed by atoms with E-state index in [2.05, 4.69) is 0 Å².